The molecule has 0 fully saturated rings. The van der Waals surface area contributed by atoms with Gasteiger partial charge in [0.05, 0.1) is 27.7 Å². The molecule has 2 unspecified atom stereocenters. The number of quaternary nitrogens is 1. The molecule has 0 saturated heterocycles. The highest BCUT2D eigenvalue weighted by atomic mass is 31.2. The number of ether oxygens (including phenoxy) is 2. The second kappa shape index (κ2) is 51.9. The van der Waals surface area contributed by atoms with E-state index < -0.39 is 26.5 Å². The molecule has 0 rings (SSSR count). The zero-order chi connectivity index (χ0) is 50.6. The minimum absolute atomic E-state index is 0.0369. The summed E-state index contributed by atoms with van der Waals surface area (Å²) < 4.78 is 34.4. The van der Waals surface area contributed by atoms with Gasteiger partial charge in [-0.25, -0.2) is 4.57 Å². The van der Waals surface area contributed by atoms with Gasteiger partial charge >= 0.3 is 19.8 Å². The summed E-state index contributed by atoms with van der Waals surface area (Å²) in [6.45, 7) is 4.46. The number of likely N-dealkylation sites (N-methyl/N-ethyl adjacent to an activating group) is 1. The fourth-order valence-corrected chi connectivity index (χ4v) is 9.94. The van der Waals surface area contributed by atoms with Crippen molar-refractivity contribution in [3.05, 3.63) is 0 Å². The molecule has 69 heavy (non-hydrogen) atoms. The summed E-state index contributed by atoms with van der Waals surface area (Å²) in [6.07, 6.45) is 59.4. The van der Waals surface area contributed by atoms with Gasteiger partial charge in [-0.3, -0.25) is 18.6 Å². The molecule has 412 valence electrons. The first-order chi connectivity index (χ1) is 33.5. The van der Waals surface area contributed by atoms with E-state index in [0.717, 1.165) is 38.5 Å². The summed E-state index contributed by atoms with van der Waals surface area (Å²) in [5.74, 6) is -0.782. The zero-order valence-electron chi connectivity index (χ0n) is 46.8. The third kappa shape index (κ3) is 56.2. The second-order valence-corrected chi connectivity index (χ2v) is 23.6. The molecule has 0 bridgehead atoms. The van der Waals surface area contributed by atoms with Gasteiger partial charge in [-0.05, 0) is 12.8 Å². The van der Waals surface area contributed by atoms with Crippen LogP contribution in [0.15, 0.2) is 0 Å². The van der Waals surface area contributed by atoms with Gasteiger partial charge < -0.3 is 18.9 Å². The Morgan fingerprint density at radius 1 is 0.391 bits per heavy atom. The molecule has 9 nitrogen and oxygen atoms in total. The van der Waals surface area contributed by atoms with Gasteiger partial charge in [0.1, 0.15) is 19.8 Å². The van der Waals surface area contributed by atoms with Crippen molar-refractivity contribution in [1.82, 2.24) is 0 Å². The van der Waals surface area contributed by atoms with Crippen molar-refractivity contribution in [3.8, 4) is 0 Å². The lowest BCUT2D eigenvalue weighted by Gasteiger charge is -2.24. The minimum atomic E-state index is -4.37. The molecule has 1 N–H and O–H groups in total. The Bertz CT molecular complexity index is 1130. The Morgan fingerprint density at radius 3 is 0.928 bits per heavy atom. The normalized spacial score (nSPS) is 13.2. The lowest BCUT2D eigenvalue weighted by atomic mass is 10.0. The summed E-state index contributed by atoms with van der Waals surface area (Å²) >= 11 is 0. The minimum Gasteiger partial charge on any atom is -0.462 e. The Labute approximate surface area is 429 Å². The van der Waals surface area contributed by atoms with Crippen LogP contribution in [0.5, 0.6) is 0 Å². The van der Waals surface area contributed by atoms with E-state index >= 15 is 0 Å². The topological polar surface area (TPSA) is 108 Å². The highest BCUT2D eigenvalue weighted by Gasteiger charge is 2.27. The zero-order valence-corrected chi connectivity index (χ0v) is 47.7. The molecule has 0 saturated carbocycles. The van der Waals surface area contributed by atoms with Crippen LogP contribution in [0.2, 0.25) is 0 Å². The maximum absolute atomic E-state index is 12.8. The summed E-state index contributed by atoms with van der Waals surface area (Å²) in [5, 5.41) is 0. The highest BCUT2D eigenvalue weighted by Crippen LogP contribution is 2.43. The molecule has 10 heteroatoms. The fraction of sp³-hybridized carbons (Fsp3) is 0.966. The summed E-state index contributed by atoms with van der Waals surface area (Å²) in [5.41, 5.74) is 0. The molecule has 0 spiro atoms. The van der Waals surface area contributed by atoms with E-state index in [-0.39, 0.29) is 25.6 Å². The van der Waals surface area contributed by atoms with Crippen molar-refractivity contribution in [2.45, 2.75) is 322 Å². The number of nitrogens with zero attached hydrogens (tertiary/aromatic N) is 1. The molecule has 2 atom stereocenters. The maximum atomic E-state index is 12.8. The van der Waals surface area contributed by atoms with Crippen LogP contribution in [0.1, 0.15) is 316 Å². The van der Waals surface area contributed by atoms with E-state index in [1.807, 2.05) is 21.1 Å². The Morgan fingerprint density at radius 2 is 0.652 bits per heavy atom. The van der Waals surface area contributed by atoms with E-state index in [1.54, 1.807) is 0 Å². The van der Waals surface area contributed by atoms with Gasteiger partial charge in [-0.15, -0.1) is 0 Å². The van der Waals surface area contributed by atoms with E-state index in [9.17, 15) is 19.0 Å². The van der Waals surface area contributed by atoms with Crippen molar-refractivity contribution in [3.63, 3.8) is 0 Å². The van der Waals surface area contributed by atoms with Crippen LogP contribution in [-0.4, -0.2) is 74.9 Å². The van der Waals surface area contributed by atoms with Crippen LogP contribution >= 0.6 is 7.82 Å². The van der Waals surface area contributed by atoms with Crippen LogP contribution in [0.25, 0.3) is 0 Å². The van der Waals surface area contributed by atoms with Gasteiger partial charge in [0.15, 0.2) is 6.10 Å². The predicted molar refractivity (Wildman–Crippen MR) is 294 cm³/mol. The van der Waals surface area contributed by atoms with E-state index in [2.05, 4.69) is 13.8 Å². The average molecular weight is 1000 g/mol. The number of unbranched alkanes of at least 4 members (excludes halogenated alkanes) is 43. The van der Waals surface area contributed by atoms with Gasteiger partial charge in [0.2, 0.25) is 0 Å². The lowest BCUT2D eigenvalue weighted by molar-refractivity contribution is -0.870. The standard InChI is InChI=1S/C59H118NO8P/c1-6-8-10-12-14-16-17-18-19-20-21-22-23-24-25-26-27-28-29-30-31-32-33-34-35-36-37-38-39-40-41-42-44-46-48-50-52-59(62)68-57(56-67-69(63,64)66-54-53-60(3,4)5)55-65-58(61)51-49-47-45-43-15-13-11-9-7-2/h57H,6-56H2,1-5H3/p+1. The van der Waals surface area contributed by atoms with Crippen molar-refractivity contribution in [2.24, 2.45) is 0 Å². The number of hydrogen-bond donors (Lipinski definition) is 1. The van der Waals surface area contributed by atoms with Crippen LogP contribution in [0.4, 0.5) is 0 Å². The maximum Gasteiger partial charge on any atom is 0.472 e. The highest BCUT2D eigenvalue weighted by molar-refractivity contribution is 7.47. The summed E-state index contributed by atoms with van der Waals surface area (Å²) in [6, 6.07) is 0. The lowest BCUT2D eigenvalue weighted by Crippen LogP contribution is -2.37. The molecular weight excluding hydrogens is 882 g/mol. The fourth-order valence-electron chi connectivity index (χ4n) is 9.20. The molecule has 0 aliphatic heterocycles. The first-order valence-electron chi connectivity index (χ1n) is 30.3. The molecule has 0 amide bonds. The number of hydrogen-bond acceptors (Lipinski definition) is 7. The number of carbonyl (C=O) groups is 2. The van der Waals surface area contributed by atoms with Gasteiger partial charge in [-0.2, -0.15) is 0 Å². The van der Waals surface area contributed by atoms with Crippen molar-refractivity contribution >= 4 is 19.8 Å². The van der Waals surface area contributed by atoms with Crippen molar-refractivity contribution < 1.29 is 42.1 Å². The molecule has 0 radical (unpaired) electrons. The van der Waals surface area contributed by atoms with Crippen molar-refractivity contribution in [1.29, 1.82) is 0 Å². The number of carbonyl (C=O) groups excluding carboxylic acids is 2. The van der Waals surface area contributed by atoms with Crippen molar-refractivity contribution in [2.75, 3.05) is 47.5 Å². The van der Waals surface area contributed by atoms with Crippen LogP contribution in [0, 0.1) is 0 Å². The SMILES string of the molecule is CCCCCCCCCCCCCCCCCCCCCCCCCCCCCCCCCCCCCCC(=O)OC(COC(=O)CCCCCCCCCCC)COP(=O)(O)OCC[N+](C)(C)C. The predicted octanol–water partition coefficient (Wildman–Crippen LogP) is 18.7. The molecule has 0 heterocycles. The number of rotatable bonds is 57. The van der Waals surface area contributed by atoms with E-state index in [1.165, 1.54) is 250 Å². The molecule has 0 aliphatic carbocycles. The molecular formula is C59H119NO8P+. The summed E-state index contributed by atoms with van der Waals surface area (Å²) in [7, 11) is 1.50. The third-order valence-electron chi connectivity index (χ3n) is 13.9. The van der Waals surface area contributed by atoms with E-state index in [0.29, 0.717) is 17.4 Å². The van der Waals surface area contributed by atoms with Gasteiger partial charge in [0, 0.05) is 12.8 Å². The number of phosphoric ester groups is 1. The quantitative estimate of drug-likeness (QED) is 0.0278. The second-order valence-electron chi connectivity index (χ2n) is 22.1. The molecule has 0 aromatic heterocycles. The van der Waals surface area contributed by atoms with Gasteiger partial charge in [0.25, 0.3) is 0 Å². The Kier molecular flexibility index (Phi) is 51.1. The largest absolute Gasteiger partial charge is 0.472 e. The smallest absolute Gasteiger partial charge is 0.462 e. The molecule has 0 aliphatic rings. The van der Waals surface area contributed by atoms with Crippen LogP contribution in [0.3, 0.4) is 0 Å². The monoisotopic (exact) mass is 1000 g/mol. The summed E-state index contributed by atoms with van der Waals surface area (Å²) in [4.78, 5) is 35.4. The Balaban J connectivity index is 3.80. The molecule has 0 aromatic carbocycles. The first-order valence-corrected chi connectivity index (χ1v) is 31.8. The van der Waals surface area contributed by atoms with E-state index in [4.69, 9.17) is 18.5 Å². The number of phosphoric acid groups is 1. The first kappa shape index (κ1) is 68.0. The third-order valence-corrected chi connectivity index (χ3v) is 14.9. The van der Waals surface area contributed by atoms with Gasteiger partial charge in [-0.1, -0.05) is 290 Å². The average Bonchev–Trinajstić information content (AvgIpc) is 3.31. The van der Waals surface area contributed by atoms with Crippen LogP contribution in [-0.2, 0) is 32.7 Å². The van der Waals surface area contributed by atoms with Crippen LogP contribution < -0.4 is 0 Å². The number of esters is 2. The Hall–Kier alpha value is -0.990. The molecule has 0 aromatic rings.